The van der Waals surface area contributed by atoms with Crippen LogP contribution >= 0.6 is 0 Å². The average molecular weight is 441 g/mol. The number of aromatic nitrogens is 2. The van der Waals surface area contributed by atoms with Gasteiger partial charge in [0.25, 0.3) is 0 Å². The third kappa shape index (κ3) is 4.77. The molecular formula is C28H25FN2O2. The first-order valence-electron chi connectivity index (χ1n) is 10.8. The molecule has 0 radical (unpaired) electrons. The predicted molar refractivity (Wildman–Crippen MR) is 131 cm³/mol. The van der Waals surface area contributed by atoms with Crippen molar-refractivity contribution in [3.05, 3.63) is 107 Å². The van der Waals surface area contributed by atoms with Crippen molar-refractivity contribution in [2.24, 2.45) is 5.92 Å². The molecule has 166 valence electrons. The normalized spacial score (nSPS) is 12.5. The molecule has 0 aliphatic heterocycles. The second-order valence-electron chi connectivity index (χ2n) is 8.37. The second kappa shape index (κ2) is 9.25. The lowest BCUT2D eigenvalue weighted by atomic mass is 9.82. The minimum Gasteiger partial charge on any atom is -0.478 e. The highest BCUT2D eigenvalue weighted by atomic mass is 19.1. The minimum atomic E-state index is -0.984. The van der Waals surface area contributed by atoms with E-state index in [-0.39, 0.29) is 11.7 Å². The summed E-state index contributed by atoms with van der Waals surface area (Å²) in [5.74, 6) is -1.08. The number of nitrogens with zero attached hydrogens (tertiary/aromatic N) is 1. The van der Waals surface area contributed by atoms with E-state index in [9.17, 15) is 9.18 Å². The van der Waals surface area contributed by atoms with Gasteiger partial charge in [0.2, 0.25) is 0 Å². The molecule has 33 heavy (non-hydrogen) atoms. The summed E-state index contributed by atoms with van der Waals surface area (Å²) in [5.41, 5.74) is 7.83. The fourth-order valence-corrected chi connectivity index (χ4v) is 4.17. The molecule has 3 aromatic carbocycles. The van der Waals surface area contributed by atoms with Gasteiger partial charge < -0.3 is 5.11 Å². The fraction of sp³-hybridized carbons (Fsp3) is 0.143. The van der Waals surface area contributed by atoms with Crippen LogP contribution in [0.3, 0.4) is 0 Å². The topological polar surface area (TPSA) is 66.0 Å². The number of hydrogen-bond donors (Lipinski definition) is 2. The number of fused-ring (bicyclic) bond motifs is 1. The van der Waals surface area contributed by atoms with E-state index in [1.165, 1.54) is 6.07 Å². The molecule has 1 heterocycles. The number of halogens is 1. The Morgan fingerprint density at radius 3 is 2.42 bits per heavy atom. The van der Waals surface area contributed by atoms with Gasteiger partial charge in [-0.15, -0.1) is 0 Å². The number of rotatable bonds is 6. The molecule has 0 saturated heterocycles. The minimum absolute atomic E-state index is 0.163. The van der Waals surface area contributed by atoms with E-state index < -0.39 is 5.97 Å². The van der Waals surface area contributed by atoms with Crippen molar-refractivity contribution in [2.75, 3.05) is 0 Å². The van der Waals surface area contributed by atoms with Crippen LogP contribution in [0.1, 0.15) is 41.7 Å². The number of aliphatic carboxylic acids is 1. The largest absolute Gasteiger partial charge is 0.478 e. The molecule has 1 aromatic heterocycles. The summed E-state index contributed by atoms with van der Waals surface area (Å²) in [4.78, 5) is 10.9. The molecule has 0 bridgehead atoms. The first kappa shape index (κ1) is 22.2. The van der Waals surface area contributed by atoms with Crippen molar-refractivity contribution < 1.29 is 14.3 Å². The first-order valence-corrected chi connectivity index (χ1v) is 10.8. The maximum Gasteiger partial charge on any atom is 0.328 e. The van der Waals surface area contributed by atoms with Crippen molar-refractivity contribution in [2.45, 2.75) is 20.8 Å². The average Bonchev–Trinajstić information content (AvgIpc) is 3.25. The number of carbonyl (C=O) groups is 1. The Morgan fingerprint density at radius 1 is 1.03 bits per heavy atom. The number of nitrogens with one attached hydrogen (secondary N) is 1. The summed E-state index contributed by atoms with van der Waals surface area (Å²) >= 11 is 0. The van der Waals surface area contributed by atoms with Crippen molar-refractivity contribution in [3.8, 4) is 0 Å². The number of H-pyrrole nitrogens is 1. The van der Waals surface area contributed by atoms with Gasteiger partial charge in [-0.2, -0.15) is 5.10 Å². The molecule has 4 rings (SSSR count). The molecular weight excluding hydrogens is 415 g/mol. The van der Waals surface area contributed by atoms with E-state index >= 15 is 0 Å². The van der Waals surface area contributed by atoms with Gasteiger partial charge in [-0.3, -0.25) is 5.10 Å². The number of benzene rings is 3. The predicted octanol–water partition coefficient (Wildman–Crippen LogP) is 6.72. The van der Waals surface area contributed by atoms with E-state index in [1.54, 1.807) is 18.3 Å². The highest BCUT2D eigenvalue weighted by Gasteiger charge is 2.19. The van der Waals surface area contributed by atoms with Crippen LogP contribution in [0.15, 0.2) is 72.9 Å². The van der Waals surface area contributed by atoms with Gasteiger partial charge in [0.05, 0.1) is 11.7 Å². The van der Waals surface area contributed by atoms with Gasteiger partial charge in [0.15, 0.2) is 0 Å². The Kier molecular flexibility index (Phi) is 6.22. The van der Waals surface area contributed by atoms with Gasteiger partial charge in [0, 0.05) is 11.5 Å². The highest BCUT2D eigenvalue weighted by molar-refractivity contribution is 6.01. The SMILES string of the molecule is Cc1cc(F)ccc1/C(=C(\c1ccc(/C=C/C(=O)O)cc1)c1ccc2[nH]ncc2c1)C(C)C. The number of aryl methyl sites for hydroxylation is 1. The molecule has 0 atom stereocenters. The first-order chi connectivity index (χ1) is 15.8. The van der Waals surface area contributed by atoms with E-state index in [0.29, 0.717) is 0 Å². The van der Waals surface area contributed by atoms with Crippen molar-refractivity contribution >= 4 is 34.1 Å². The van der Waals surface area contributed by atoms with Gasteiger partial charge >= 0.3 is 5.97 Å². The van der Waals surface area contributed by atoms with Gasteiger partial charge in [-0.05, 0) is 82.1 Å². The Morgan fingerprint density at radius 2 is 1.76 bits per heavy atom. The Labute approximate surface area is 192 Å². The van der Waals surface area contributed by atoms with Crippen LogP contribution in [0, 0.1) is 18.7 Å². The Bertz CT molecular complexity index is 1380. The van der Waals surface area contributed by atoms with E-state index in [0.717, 1.165) is 55.9 Å². The summed E-state index contributed by atoms with van der Waals surface area (Å²) in [6.45, 7) is 6.20. The molecule has 0 amide bonds. The number of hydrogen-bond acceptors (Lipinski definition) is 2. The molecule has 0 fully saturated rings. The van der Waals surface area contributed by atoms with Crippen LogP contribution in [0.5, 0.6) is 0 Å². The van der Waals surface area contributed by atoms with Crippen molar-refractivity contribution in [1.29, 1.82) is 0 Å². The van der Waals surface area contributed by atoms with Crippen LogP contribution in [0.4, 0.5) is 4.39 Å². The lowest BCUT2D eigenvalue weighted by Gasteiger charge is -2.22. The van der Waals surface area contributed by atoms with Gasteiger partial charge in [-0.25, -0.2) is 9.18 Å². The van der Waals surface area contributed by atoms with E-state index in [4.69, 9.17) is 5.11 Å². The zero-order valence-electron chi connectivity index (χ0n) is 18.8. The Balaban J connectivity index is 1.97. The van der Waals surface area contributed by atoms with E-state index in [2.05, 4.69) is 36.2 Å². The third-order valence-electron chi connectivity index (χ3n) is 5.67. The van der Waals surface area contributed by atoms with Gasteiger partial charge in [0.1, 0.15) is 5.82 Å². The number of carboxylic acids is 1. The quantitative estimate of drug-likeness (QED) is 0.258. The molecule has 4 nitrogen and oxygen atoms in total. The molecule has 4 aromatic rings. The lowest BCUT2D eigenvalue weighted by Crippen LogP contribution is -2.03. The van der Waals surface area contributed by atoms with Crippen LogP contribution in [-0.4, -0.2) is 21.3 Å². The van der Waals surface area contributed by atoms with Crippen LogP contribution in [0.25, 0.3) is 28.1 Å². The van der Waals surface area contributed by atoms with Gasteiger partial charge in [-0.1, -0.05) is 50.2 Å². The standard InChI is InChI=1S/C28H25FN2O2/c1-17(2)27(24-11-10-23(29)14-18(24)3)28(21-9-12-25-22(15-21)16-30-31-25)20-7-4-19(5-8-20)6-13-26(32)33/h4-17H,1-3H3,(H,30,31)(H,32,33)/b13-6+,28-27+. The lowest BCUT2D eigenvalue weighted by molar-refractivity contribution is -0.131. The fourth-order valence-electron chi connectivity index (χ4n) is 4.17. The maximum atomic E-state index is 13.9. The Hall–Kier alpha value is -3.99. The molecule has 5 heteroatoms. The number of aromatic amines is 1. The van der Waals surface area contributed by atoms with Crippen LogP contribution in [-0.2, 0) is 4.79 Å². The zero-order valence-corrected chi connectivity index (χ0v) is 18.8. The molecule has 0 aliphatic rings. The summed E-state index contributed by atoms with van der Waals surface area (Å²) in [6.07, 6.45) is 4.49. The summed E-state index contributed by atoms with van der Waals surface area (Å²) in [6, 6.07) is 18.9. The highest BCUT2D eigenvalue weighted by Crippen LogP contribution is 2.39. The second-order valence-corrected chi connectivity index (χ2v) is 8.37. The maximum absolute atomic E-state index is 13.9. The zero-order chi connectivity index (χ0) is 23.5. The summed E-state index contributed by atoms with van der Waals surface area (Å²) < 4.78 is 13.9. The number of carboxylic acid groups (broad SMARTS) is 1. The van der Waals surface area contributed by atoms with Crippen LogP contribution in [0.2, 0.25) is 0 Å². The smallest absolute Gasteiger partial charge is 0.328 e. The van der Waals surface area contributed by atoms with Crippen molar-refractivity contribution in [3.63, 3.8) is 0 Å². The van der Waals surface area contributed by atoms with Crippen LogP contribution < -0.4 is 0 Å². The molecule has 0 unspecified atom stereocenters. The van der Waals surface area contributed by atoms with E-state index in [1.807, 2.05) is 43.3 Å². The summed E-state index contributed by atoms with van der Waals surface area (Å²) in [7, 11) is 0. The van der Waals surface area contributed by atoms with Crippen molar-refractivity contribution in [1.82, 2.24) is 10.2 Å². The third-order valence-corrected chi connectivity index (χ3v) is 5.67. The monoisotopic (exact) mass is 440 g/mol. The molecule has 0 saturated carbocycles. The summed E-state index contributed by atoms with van der Waals surface area (Å²) in [5, 5.41) is 17.1. The molecule has 2 N–H and O–H groups in total. The molecule has 0 spiro atoms. The number of allylic oxidation sites excluding steroid dienone is 1. The molecule has 0 aliphatic carbocycles.